The van der Waals surface area contributed by atoms with Gasteiger partial charge in [0.05, 0.1) is 6.04 Å². The SMILES string of the molecule is CCCCCCN1C(=O)C(CN(C)O)SC2=CC=CCC21. The van der Waals surface area contributed by atoms with Crippen LogP contribution in [0, 0.1) is 0 Å². The Kier molecular flexibility index (Phi) is 6.33. The van der Waals surface area contributed by atoms with E-state index in [9.17, 15) is 10.0 Å². The third kappa shape index (κ3) is 4.34. The number of thioether (sulfide) groups is 1. The zero-order valence-electron chi connectivity index (χ0n) is 13.0. The number of nitrogens with zero attached hydrogens (tertiary/aromatic N) is 2. The lowest BCUT2D eigenvalue weighted by Crippen LogP contribution is -2.52. The minimum absolute atomic E-state index is 0.176. The fraction of sp³-hybridized carbons (Fsp3) is 0.688. The Labute approximate surface area is 131 Å². The van der Waals surface area contributed by atoms with Crippen molar-refractivity contribution in [1.29, 1.82) is 0 Å². The van der Waals surface area contributed by atoms with Crippen molar-refractivity contribution >= 4 is 17.7 Å². The van der Waals surface area contributed by atoms with E-state index in [-0.39, 0.29) is 17.2 Å². The molecule has 1 saturated heterocycles. The summed E-state index contributed by atoms with van der Waals surface area (Å²) in [5.74, 6) is 0.176. The first kappa shape index (κ1) is 16.6. The summed E-state index contributed by atoms with van der Waals surface area (Å²) in [6.07, 6.45) is 11.9. The first-order valence-corrected chi connectivity index (χ1v) is 8.75. The lowest BCUT2D eigenvalue weighted by molar-refractivity contribution is -0.136. The molecule has 0 spiro atoms. The van der Waals surface area contributed by atoms with Gasteiger partial charge in [-0.1, -0.05) is 44.4 Å². The van der Waals surface area contributed by atoms with Crippen LogP contribution >= 0.6 is 11.8 Å². The summed E-state index contributed by atoms with van der Waals surface area (Å²) in [5.41, 5.74) is 0. The zero-order chi connectivity index (χ0) is 15.2. The minimum atomic E-state index is -0.194. The van der Waals surface area contributed by atoms with Crippen molar-refractivity contribution in [2.45, 2.75) is 50.3 Å². The molecule has 1 N–H and O–H groups in total. The molecule has 1 heterocycles. The van der Waals surface area contributed by atoms with Gasteiger partial charge in [0.15, 0.2) is 0 Å². The van der Waals surface area contributed by atoms with Gasteiger partial charge in [-0.2, -0.15) is 5.06 Å². The van der Waals surface area contributed by atoms with Crippen molar-refractivity contribution in [2.24, 2.45) is 0 Å². The Morgan fingerprint density at radius 3 is 2.95 bits per heavy atom. The average Bonchev–Trinajstić information content (AvgIpc) is 2.46. The minimum Gasteiger partial charge on any atom is -0.334 e. The topological polar surface area (TPSA) is 43.8 Å². The lowest BCUT2D eigenvalue weighted by atomic mass is 10.0. The number of hydroxylamine groups is 2. The molecule has 1 amide bonds. The molecule has 0 radical (unpaired) electrons. The van der Waals surface area contributed by atoms with Gasteiger partial charge < -0.3 is 10.1 Å². The first-order valence-electron chi connectivity index (χ1n) is 7.87. The highest BCUT2D eigenvalue weighted by molar-refractivity contribution is 8.04. The van der Waals surface area contributed by atoms with Crippen LogP contribution in [-0.2, 0) is 4.79 Å². The van der Waals surface area contributed by atoms with Crippen molar-refractivity contribution in [1.82, 2.24) is 9.96 Å². The summed E-state index contributed by atoms with van der Waals surface area (Å²) >= 11 is 1.62. The molecule has 0 saturated carbocycles. The molecule has 0 aromatic rings. The van der Waals surface area contributed by atoms with Crippen LogP contribution in [0.5, 0.6) is 0 Å². The van der Waals surface area contributed by atoms with E-state index in [4.69, 9.17) is 0 Å². The molecule has 0 aromatic heterocycles. The van der Waals surface area contributed by atoms with E-state index in [1.165, 1.54) is 24.2 Å². The molecule has 0 bridgehead atoms. The van der Waals surface area contributed by atoms with Gasteiger partial charge in [-0.25, -0.2) is 0 Å². The van der Waals surface area contributed by atoms with E-state index in [1.807, 2.05) is 4.90 Å². The molecule has 2 aliphatic rings. The van der Waals surface area contributed by atoms with Crippen molar-refractivity contribution in [2.75, 3.05) is 20.1 Å². The molecule has 1 aliphatic heterocycles. The van der Waals surface area contributed by atoms with Gasteiger partial charge in [-0.05, 0) is 12.8 Å². The molecule has 4 nitrogen and oxygen atoms in total. The summed E-state index contributed by atoms with van der Waals surface area (Å²) in [6, 6.07) is 0.217. The zero-order valence-corrected chi connectivity index (χ0v) is 13.8. The third-order valence-corrected chi connectivity index (χ3v) is 5.30. The molecule has 5 heteroatoms. The Morgan fingerprint density at radius 2 is 2.24 bits per heavy atom. The lowest BCUT2D eigenvalue weighted by Gasteiger charge is -2.41. The normalized spacial score (nSPS) is 25.2. The van der Waals surface area contributed by atoms with E-state index < -0.39 is 0 Å². The quantitative estimate of drug-likeness (QED) is 0.580. The molecular formula is C16H26N2O2S. The average molecular weight is 310 g/mol. The molecule has 2 unspecified atom stereocenters. The van der Waals surface area contributed by atoms with Crippen molar-refractivity contribution in [3.8, 4) is 0 Å². The highest BCUT2D eigenvalue weighted by atomic mass is 32.2. The van der Waals surface area contributed by atoms with E-state index in [1.54, 1.807) is 18.8 Å². The molecule has 1 fully saturated rings. The third-order valence-electron chi connectivity index (χ3n) is 3.98. The summed E-state index contributed by atoms with van der Waals surface area (Å²) in [5, 5.41) is 10.4. The number of hydrogen-bond acceptors (Lipinski definition) is 4. The van der Waals surface area contributed by atoms with Crippen LogP contribution in [0.1, 0.15) is 39.0 Å². The summed E-state index contributed by atoms with van der Waals surface area (Å²) in [4.78, 5) is 16.0. The number of carbonyl (C=O) groups is 1. The summed E-state index contributed by atoms with van der Waals surface area (Å²) in [6.45, 7) is 3.41. The maximum atomic E-state index is 12.7. The number of amides is 1. The molecule has 118 valence electrons. The summed E-state index contributed by atoms with van der Waals surface area (Å²) in [7, 11) is 1.60. The maximum absolute atomic E-state index is 12.7. The van der Waals surface area contributed by atoms with Crippen molar-refractivity contribution < 1.29 is 10.0 Å². The molecule has 1 aliphatic carbocycles. The molecule has 0 aromatic carbocycles. The Hall–Kier alpha value is -0.780. The highest BCUT2D eigenvalue weighted by Gasteiger charge is 2.38. The molecule has 2 rings (SSSR count). The van der Waals surface area contributed by atoms with Gasteiger partial charge >= 0.3 is 0 Å². The Bertz CT molecular complexity index is 421. The number of unbranched alkanes of at least 4 members (excludes halogenated alkanes) is 3. The predicted octanol–water partition coefficient (Wildman–Crippen LogP) is 3.04. The van der Waals surface area contributed by atoms with Gasteiger partial charge in [-0.3, -0.25) is 4.79 Å². The second-order valence-electron chi connectivity index (χ2n) is 5.79. The number of carbonyl (C=O) groups excluding carboxylic acids is 1. The van der Waals surface area contributed by atoms with Crippen LogP contribution in [0.25, 0.3) is 0 Å². The Morgan fingerprint density at radius 1 is 1.43 bits per heavy atom. The van der Waals surface area contributed by atoms with Crippen LogP contribution in [0.2, 0.25) is 0 Å². The maximum Gasteiger partial charge on any atom is 0.238 e. The number of rotatable bonds is 7. The van der Waals surface area contributed by atoms with Gasteiger partial charge in [0.1, 0.15) is 5.25 Å². The van der Waals surface area contributed by atoms with Crippen molar-refractivity contribution in [3.05, 3.63) is 23.1 Å². The molecule has 21 heavy (non-hydrogen) atoms. The van der Waals surface area contributed by atoms with Gasteiger partial charge in [0, 0.05) is 25.0 Å². The summed E-state index contributed by atoms with van der Waals surface area (Å²) < 4.78 is 0. The Balaban J connectivity index is 2.05. The smallest absolute Gasteiger partial charge is 0.238 e. The van der Waals surface area contributed by atoms with Crippen LogP contribution in [-0.4, -0.2) is 52.5 Å². The number of allylic oxidation sites excluding steroid dienone is 2. The highest BCUT2D eigenvalue weighted by Crippen LogP contribution is 2.38. The van der Waals surface area contributed by atoms with Crippen LogP contribution in [0.4, 0.5) is 0 Å². The van der Waals surface area contributed by atoms with E-state index in [2.05, 4.69) is 25.2 Å². The van der Waals surface area contributed by atoms with Gasteiger partial charge in [-0.15, -0.1) is 11.8 Å². The van der Waals surface area contributed by atoms with Crippen LogP contribution < -0.4 is 0 Å². The van der Waals surface area contributed by atoms with Crippen molar-refractivity contribution in [3.63, 3.8) is 0 Å². The standard InChI is InChI=1S/C16H26N2O2S/c1-3-4-5-8-11-18-13-9-6-7-10-14(13)21-15(16(18)19)12-17(2)20/h6-7,10,13,15,20H,3-5,8-9,11-12H2,1-2H3. The van der Waals surface area contributed by atoms with E-state index in [0.717, 1.165) is 24.4 Å². The number of hydrogen-bond donors (Lipinski definition) is 1. The van der Waals surface area contributed by atoms with Crippen LogP contribution in [0.3, 0.4) is 0 Å². The monoisotopic (exact) mass is 310 g/mol. The second-order valence-corrected chi connectivity index (χ2v) is 7.06. The first-order chi connectivity index (χ1) is 10.1. The molecule has 2 atom stereocenters. The second kappa shape index (κ2) is 8.01. The fourth-order valence-corrected chi connectivity index (χ4v) is 4.27. The van der Waals surface area contributed by atoms with E-state index >= 15 is 0 Å². The predicted molar refractivity (Wildman–Crippen MR) is 87.3 cm³/mol. The number of fused-ring (bicyclic) bond motifs is 1. The largest absolute Gasteiger partial charge is 0.334 e. The molecular weight excluding hydrogens is 284 g/mol. The van der Waals surface area contributed by atoms with Gasteiger partial charge in [0.25, 0.3) is 0 Å². The van der Waals surface area contributed by atoms with Crippen LogP contribution in [0.15, 0.2) is 23.1 Å². The fourth-order valence-electron chi connectivity index (χ4n) is 2.88. The van der Waals surface area contributed by atoms with E-state index in [0.29, 0.717) is 6.54 Å². The van der Waals surface area contributed by atoms with Gasteiger partial charge in [0.2, 0.25) is 5.91 Å².